The Bertz CT molecular complexity index is 446. The van der Waals surface area contributed by atoms with Gasteiger partial charge in [-0.05, 0) is 29.0 Å². The van der Waals surface area contributed by atoms with E-state index in [2.05, 4.69) is 27.4 Å². The van der Waals surface area contributed by atoms with E-state index in [4.69, 9.17) is 4.74 Å². The molecule has 2 nitrogen and oxygen atoms in total. The van der Waals surface area contributed by atoms with Crippen molar-refractivity contribution in [3.63, 3.8) is 0 Å². The highest BCUT2D eigenvalue weighted by atomic mass is 16.5. The van der Waals surface area contributed by atoms with Gasteiger partial charge in [0.2, 0.25) is 0 Å². The number of hydrogen-bond donors (Lipinski definition) is 0. The Kier molecular flexibility index (Phi) is 7.06. The first-order chi connectivity index (χ1) is 9.56. The second kappa shape index (κ2) is 8.57. The highest BCUT2D eigenvalue weighted by molar-refractivity contribution is 5.70. The molecular formula is C18H26O2. The highest BCUT2D eigenvalue weighted by Crippen LogP contribution is 2.24. The molecule has 0 unspecified atom stereocenters. The monoisotopic (exact) mass is 274 g/mol. The van der Waals surface area contributed by atoms with Crippen LogP contribution in [0.1, 0.15) is 57.6 Å². The van der Waals surface area contributed by atoms with Crippen molar-refractivity contribution in [3.8, 4) is 0 Å². The Balaban J connectivity index is 2.60. The average Bonchev–Trinajstić information content (AvgIpc) is 2.45. The molecule has 1 aromatic rings. The molecule has 0 heterocycles. The molecule has 0 aromatic heterocycles. The number of rotatable bonds is 8. The van der Waals surface area contributed by atoms with Gasteiger partial charge in [-0.3, -0.25) is 4.79 Å². The summed E-state index contributed by atoms with van der Waals surface area (Å²) in [6.45, 7) is 10.8. The fourth-order valence-electron chi connectivity index (χ4n) is 2.02. The molecule has 20 heavy (non-hydrogen) atoms. The minimum atomic E-state index is -0.108. The lowest BCUT2D eigenvalue weighted by Crippen LogP contribution is -2.06. The molecule has 0 amide bonds. The second-order valence-corrected chi connectivity index (χ2v) is 5.45. The molecule has 0 aliphatic heterocycles. The van der Waals surface area contributed by atoms with Crippen LogP contribution in [0.25, 0.3) is 5.57 Å². The van der Waals surface area contributed by atoms with Crippen LogP contribution in [0.15, 0.2) is 30.8 Å². The van der Waals surface area contributed by atoms with Crippen molar-refractivity contribution in [1.29, 1.82) is 0 Å². The number of unbranched alkanes of at least 4 members (excludes halogenated alkanes) is 2. The van der Waals surface area contributed by atoms with Crippen LogP contribution in [-0.2, 0) is 16.1 Å². The zero-order chi connectivity index (χ0) is 15.0. The van der Waals surface area contributed by atoms with Gasteiger partial charge >= 0.3 is 5.97 Å². The van der Waals surface area contributed by atoms with E-state index in [1.165, 1.54) is 0 Å². The molecule has 0 saturated carbocycles. The van der Waals surface area contributed by atoms with Crippen LogP contribution in [0.4, 0.5) is 0 Å². The lowest BCUT2D eigenvalue weighted by molar-refractivity contribution is -0.145. The van der Waals surface area contributed by atoms with E-state index in [1.807, 2.05) is 24.3 Å². The molecule has 0 aliphatic carbocycles. The van der Waals surface area contributed by atoms with Crippen molar-refractivity contribution in [2.24, 2.45) is 5.92 Å². The summed E-state index contributed by atoms with van der Waals surface area (Å²) in [5, 5.41) is 0. The minimum Gasteiger partial charge on any atom is -0.461 e. The fraction of sp³-hybridized carbons (Fsp3) is 0.500. The number of benzene rings is 1. The summed E-state index contributed by atoms with van der Waals surface area (Å²) in [5.74, 6) is 0.278. The predicted molar refractivity (Wildman–Crippen MR) is 84.3 cm³/mol. The number of esters is 1. The van der Waals surface area contributed by atoms with Gasteiger partial charge in [0.15, 0.2) is 0 Å². The molecule has 0 bridgehead atoms. The number of carbonyl (C=O) groups excluding carboxylic acids is 1. The molecule has 1 aromatic carbocycles. The van der Waals surface area contributed by atoms with Crippen LogP contribution in [0, 0.1) is 5.92 Å². The maximum atomic E-state index is 11.7. The molecule has 110 valence electrons. The third-order valence-corrected chi connectivity index (χ3v) is 3.43. The maximum Gasteiger partial charge on any atom is 0.306 e. The zero-order valence-electron chi connectivity index (χ0n) is 12.9. The van der Waals surface area contributed by atoms with Gasteiger partial charge in [0.1, 0.15) is 6.61 Å². The SMILES string of the molecule is C=C(c1ccccc1COC(=O)CCCCC)C(C)C. The topological polar surface area (TPSA) is 26.3 Å². The summed E-state index contributed by atoms with van der Waals surface area (Å²) >= 11 is 0. The molecule has 0 fully saturated rings. The van der Waals surface area contributed by atoms with E-state index >= 15 is 0 Å². The van der Waals surface area contributed by atoms with Gasteiger partial charge in [-0.25, -0.2) is 0 Å². The van der Waals surface area contributed by atoms with Crippen LogP contribution >= 0.6 is 0 Å². The number of ether oxygens (including phenoxy) is 1. The van der Waals surface area contributed by atoms with Gasteiger partial charge in [0, 0.05) is 6.42 Å². The van der Waals surface area contributed by atoms with E-state index < -0.39 is 0 Å². The summed E-state index contributed by atoms with van der Waals surface area (Å²) in [6.07, 6.45) is 3.62. The van der Waals surface area contributed by atoms with Gasteiger partial charge in [-0.15, -0.1) is 0 Å². The first-order valence-corrected chi connectivity index (χ1v) is 7.49. The van der Waals surface area contributed by atoms with Crippen molar-refractivity contribution in [2.45, 2.75) is 53.1 Å². The average molecular weight is 274 g/mol. The molecule has 0 radical (unpaired) electrons. The molecular weight excluding hydrogens is 248 g/mol. The molecule has 2 heteroatoms. The summed E-state index contributed by atoms with van der Waals surface area (Å²) in [7, 11) is 0. The molecule has 0 aliphatic rings. The van der Waals surface area contributed by atoms with Crippen molar-refractivity contribution >= 4 is 11.5 Å². The van der Waals surface area contributed by atoms with Gasteiger partial charge in [-0.2, -0.15) is 0 Å². The number of hydrogen-bond acceptors (Lipinski definition) is 2. The standard InChI is InChI=1S/C18H26O2/c1-5-6-7-12-18(19)20-13-16-10-8-9-11-17(16)15(4)14(2)3/h8-11,14H,4-7,12-13H2,1-3H3. The first kappa shape index (κ1) is 16.5. The van der Waals surface area contributed by atoms with Crippen LogP contribution < -0.4 is 0 Å². The zero-order valence-corrected chi connectivity index (χ0v) is 12.9. The third kappa shape index (κ3) is 5.20. The molecule has 0 atom stereocenters. The van der Waals surface area contributed by atoms with E-state index in [0.29, 0.717) is 18.9 Å². The van der Waals surface area contributed by atoms with Crippen LogP contribution in [-0.4, -0.2) is 5.97 Å². The predicted octanol–water partition coefficient (Wildman–Crippen LogP) is 4.98. The Morgan fingerprint density at radius 3 is 2.60 bits per heavy atom. The Hall–Kier alpha value is -1.57. The maximum absolute atomic E-state index is 11.7. The van der Waals surface area contributed by atoms with Crippen molar-refractivity contribution in [3.05, 3.63) is 42.0 Å². The lowest BCUT2D eigenvalue weighted by atomic mass is 9.93. The molecule has 0 spiro atoms. The van der Waals surface area contributed by atoms with E-state index in [9.17, 15) is 4.79 Å². The van der Waals surface area contributed by atoms with Crippen molar-refractivity contribution < 1.29 is 9.53 Å². The van der Waals surface area contributed by atoms with Crippen LogP contribution in [0.3, 0.4) is 0 Å². The second-order valence-electron chi connectivity index (χ2n) is 5.45. The number of carbonyl (C=O) groups is 1. The Morgan fingerprint density at radius 2 is 1.95 bits per heavy atom. The lowest BCUT2D eigenvalue weighted by Gasteiger charge is -2.15. The fourth-order valence-corrected chi connectivity index (χ4v) is 2.02. The summed E-state index contributed by atoms with van der Waals surface area (Å²) < 4.78 is 5.37. The number of allylic oxidation sites excluding steroid dienone is 1. The van der Waals surface area contributed by atoms with Crippen molar-refractivity contribution in [1.82, 2.24) is 0 Å². The minimum absolute atomic E-state index is 0.108. The normalized spacial score (nSPS) is 10.6. The van der Waals surface area contributed by atoms with Gasteiger partial charge in [0.05, 0.1) is 0 Å². The summed E-state index contributed by atoms with van der Waals surface area (Å²) in [5.41, 5.74) is 3.22. The largest absolute Gasteiger partial charge is 0.461 e. The van der Waals surface area contributed by atoms with E-state index in [0.717, 1.165) is 36.0 Å². The molecule has 1 rings (SSSR count). The van der Waals surface area contributed by atoms with E-state index in [-0.39, 0.29) is 5.97 Å². The quantitative estimate of drug-likeness (QED) is 0.493. The Labute approximate surface area is 122 Å². The van der Waals surface area contributed by atoms with Crippen LogP contribution in [0.5, 0.6) is 0 Å². The van der Waals surface area contributed by atoms with Crippen LogP contribution in [0.2, 0.25) is 0 Å². The third-order valence-electron chi connectivity index (χ3n) is 3.43. The smallest absolute Gasteiger partial charge is 0.306 e. The van der Waals surface area contributed by atoms with Gasteiger partial charge in [0.25, 0.3) is 0 Å². The highest BCUT2D eigenvalue weighted by Gasteiger charge is 2.10. The van der Waals surface area contributed by atoms with Crippen molar-refractivity contribution in [2.75, 3.05) is 0 Å². The summed E-state index contributed by atoms with van der Waals surface area (Å²) in [6, 6.07) is 8.01. The Morgan fingerprint density at radius 1 is 1.25 bits per heavy atom. The van der Waals surface area contributed by atoms with Gasteiger partial charge < -0.3 is 4.74 Å². The molecule has 0 saturated heterocycles. The van der Waals surface area contributed by atoms with Gasteiger partial charge in [-0.1, -0.05) is 64.5 Å². The first-order valence-electron chi connectivity index (χ1n) is 7.49. The van der Waals surface area contributed by atoms with E-state index in [1.54, 1.807) is 0 Å². The molecule has 0 N–H and O–H groups in total. The summed E-state index contributed by atoms with van der Waals surface area (Å²) in [4.78, 5) is 11.7.